The van der Waals surface area contributed by atoms with Gasteiger partial charge in [0.15, 0.2) is 5.78 Å². The molecular weight excluding hydrogens is 218 g/mol. The topological polar surface area (TPSA) is 48.3 Å². The van der Waals surface area contributed by atoms with Crippen LogP contribution >= 0.6 is 0 Å². The van der Waals surface area contributed by atoms with Crippen LogP contribution in [0.3, 0.4) is 0 Å². The van der Waals surface area contributed by atoms with Crippen molar-refractivity contribution in [2.75, 3.05) is 7.11 Å². The molecule has 0 spiro atoms. The highest BCUT2D eigenvalue weighted by Gasteiger charge is 2.16. The zero-order valence-corrected chi connectivity index (χ0v) is 10.8. The van der Waals surface area contributed by atoms with Crippen LogP contribution in [0.25, 0.3) is 6.08 Å². The number of esters is 1. The van der Waals surface area contributed by atoms with E-state index in [2.05, 4.69) is 4.74 Å². The van der Waals surface area contributed by atoms with Crippen LogP contribution in [-0.2, 0) is 16.6 Å². The third-order valence-corrected chi connectivity index (χ3v) is 2.92. The summed E-state index contributed by atoms with van der Waals surface area (Å²) in [7, 11) is 3.20. The Labute approximate surface area is 101 Å². The summed E-state index contributed by atoms with van der Waals surface area (Å²) < 4.78 is 6.43. The van der Waals surface area contributed by atoms with Crippen LogP contribution in [0.1, 0.15) is 34.2 Å². The largest absolute Gasteiger partial charge is 0.466 e. The zero-order chi connectivity index (χ0) is 13.2. The number of rotatable bonds is 3. The van der Waals surface area contributed by atoms with Gasteiger partial charge in [0.1, 0.15) is 0 Å². The molecule has 0 aliphatic rings. The molecule has 1 aromatic rings. The first-order valence-corrected chi connectivity index (χ1v) is 5.33. The zero-order valence-electron chi connectivity index (χ0n) is 10.8. The summed E-state index contributed by atoms with van der Waals surface area (Å²) in [6.45, 7) is 5.31. The highest BCUT2D eigenvalue weighted by Crippen LogP contribution is 2.22. The van der Waals surface area contributed by atoms with Crippen LogP contribution in [0.15, 0.2) is 6.08 Å². The second-order valence-corrected chi connectivity index (χ2v) is 3.94. The smallest absolute Gasteiger partial charge is 0.330 e. The van der Waals surface area contributed by atoms with E-state index in [1.807, 2.05) is 25.5 Å². The summed E-state index contributed by atoms with van der Waals surface area (Å²) in [6, 6.07) is 0. The van der Waals surface area contributed by atoms with Gasteiger partial charge in [0, 0.05) is 30.1 Å². The molecule has 0 N–H and O–H groups in total. The molecule has 0 saturated heterocycles. The van der Waals surface area contributed by atoms with Crippen molar-refractivity contribution < 1.29 is 14.3 Å². The van der Waals surface area contributed by atoms with Crippen LogP contribution in [0, 0.1) is 13.8 Å². The Hall–Kier alpha value is -1.84. The van der Waals surface area contributed by atoms with E-state index in [-0.39, 0.29) is 5.78 Å². The van der Waals surface area contributed by atoms with Gasteiger partial charge in [0.05, 0.1) is 7.11 Å². The van der Waals surface area contributed by atoms with E-state index in [9.17, 15) is 9.59 Å². The summed E-state index contributed by atoms with van der Waals surface area (Å²) in [5.41, 5.74) is 3.35. The Morgan fingerprint density at radius 3 is 2.29 bits per heavy atom. The minimum atomic E-state index is -0.410. The van der Waals surface area contributed by atoms with E-state index in [4.69, 9.17) is 0 Å². The summed E-state index contributed by atoms with van der Waals surface area (Å²) >= 11 is 0. The molecule has 0 saturated carbocycles. The van der Waals surface area contributed by atoms with Crippen molar-refractivity contribution >= 4 is 17.8 Å². The van der Waals surface area contributed by atoms with Gasteiger partial charge in [0.2, 0.25) is 0 Å². The first-order chi connectivity index (χ1) is 7.90. The van der Waals surface area contributed by atoms with Crippen LogP contribution < -0.4 is 0 Å². The lowest BCUT2D eigenvalue weighted by molar-refractivity contribution is -0.134. The van der Waals surface area contributed by atoms with E-state index in [1.54, 1.807) is 13.0 Å². The number of carbonyl (C=O) groups excluding carboxylic acids is 2. The molecule has 1 rings (SSSR count). The van der Waals surface area contributed by atoms with E-state index >= 15 is 0 Å². The quantitative estimate of drug-likeness (QED) is 0.457. The van der Waals surface area contributed by atoms with Crippen LogP contribution in [0.4, 0.5) is 0 Å². The molecule has 0 fully saturated rings. The number of hydrogen-bond donors (Lipinski definition) is 0. The second-order valence-electron chi connectivity index (χ2n) is 3.94. The molecule has 92 valence electrons. The molecule has 4 heteroatoms. The summed E-state index contributed by atoms with van der Waals surface area (Å²) in [5, 5.41) is 0. The first kappa shape index (κ1) is 13.2. The third kappa shape index (κ3) is 2.46. The van der Waals surface area contributed by atoms with Crippen LogP contribution in [0.2, 0.25) is 0 Å². The summed E-state index contributed by atoms with van der Waals surface area (Å²) in [4.78, 5) is 22.6. The van der Waals surface area contributed by atoms with Crippen LogP contribution in [-0.4, -0.2) is 23.4 Å². The van der Waals surface area contributed by atoms with Gasteiger partial charge >= 0.3 is 5.97 Å². The highest BCUT2D eigenvalue weighted by atomic mass is 16.5. The molecule has 0 amide bonds. The Morgan fingerprint density at radius 2 is 1.88 bits per heavy atom. The van der Waals surface area contributed by atoms with Crippen molar-refractivity contribution in [3.8, 4) is 0 Å². The van der Waals surface area contributed by atoms with Gasteiger partial charge in [-0.25, -0.2) is 4.79 Å². The lowest BCUT2D eigenvalue weighted by Crippen LogP contribution is -1.98. The van der Waals surface area contributed by atoms with E-state index in [0.717, 1.165) is 22.5 Å². The fraction of sp³-hybridized carbons (Fsp3) is 0.385. The van der Waals surface area contributed by atoms with E-state index in [1.165, 1.54) is 13.2 Å². The van der Waals surface area contributed by atoms with Crippen molar-refractivity contribution in [3.63, 3.8) is 0 Å². The number of methoxy groups -OCH3 is 1. The molecule has 0 atom stereocenters. The number of aromatic nitrogens is 1. The van der Waals surface area contributed by atoms with E-state index in [0.29, 0.717) is 0 Å². The Bertz CT molecular complexity index is 495. The van der Waals surface area contributed by atoms with Crippen molar-refractivity contribution in [3.05, 3.63) is 28.6 Å². The van der Waals surface area contributed by atoms with Gasteiger partial charge in [-0.1, -0.05) is 0 Å². The van der Waals surface area contributed by atoms with Gasteiger partial charge in [-0.15, -0.1) is 0 Å². The molecule has 0 radical (unpaired) electrons. The maximum atomic E-state index is 11.5. The van der Waals surface area contributed by atoms with Crippen molar-refractivity contribution in [1.29, 1.82) is 0 Å². The van der Waals surface area contributed by atoms with Crippen molar-refractivity contribution in [1.82, 2.24) is 4.57 Å². The van der Waals surface area contributed by atoms with Gasteiger partial charge in [0.25, 0.3) is 0 Å². The van der Waals surface area contributed by atoms with Gasteiger partial charge < -0.3 is 9.30 Å². The molecule has 4 nitrogen and oxygen atoms in total. The third-order valence-electron chi connectivity index (χ3n) is 2.92. The van der Waals surface area contributed by atoms with Gasteiger partial charge in [-0.05, 0) is 32.4 Å². The normalized spacial score (nSPS) is 10.9. The Balaban J connectivity index is 3.27. The Kier molecular flexibility index (Phi) is 3.89. The Morgan fingerprint density at radius 1 is 1.29 bits per heavy atom. The number of Topliss-reactive ketones (excluding diaryl/α,β-unsaturated/α-hetero) is 1. The lowest BCUT2D eigenvalue weighted by Gasteiger charge is -2.00. The van der Waals surface area contributed by atoms with Crippen LogP contribution in [0.5, 0.6) is 0 Å². The van der Waals surface area contributed by atoms with E-state index < -0.39 is 5.97 Å². The number of nitrogens with zero attached hydrogens (tertiary/aromatic N) is 1. The summed E-state index contributed by atoms with van der Waals surface area (Å²) in [6.07, 6.45) is 3.02. The van der Waals surface area contributed by atoms with Crippen molar-refractivity contribution in [2.45, 2.75) is 20.8 Å². The SMILES string of the molecule is COC(=O)/C=C/c1c(C)c(C(C)=O)c(C)n1C. The second kappa shape index (κ2) is 4.99. The lowest BCUT2D eigenvalue weighted by atomic mass is 10.1. The molecular formula is C13H17NO3. The fourth-order valence-corrected chi connectivity index (χ4v) is 1.97. The maximum Gasteiger partial charge on any atom is 0.330 e. The fourth-order valence-electron chi connectivity index (χ4n) is 1.97. The molecule has 1 aromatic heterocycles. The average Bonchev–Trinajstić information content (AvgIpc) is 2.48. The first-order valence-electron chi connectivity index (χ1n) is 5.33. The standard InChI is InChI=1S/C13H17NO3/c1-8-11(6-7-12(16)17-5)14(4)9(2)13(8)10(3)15/h6-7H,1-5H3/b7-6+. The monoisotopic (exact) mass is 235 g/mol. The molecule has 17 heavy (non-hydrogen) atoms. The van der Waals surface area contributed by atoms with Gasteiger partial charge in [-0.2, -0.15) is 0 Å². The average molecular weight is 235 g/mol. The van der Waals surface area contributed by atoms with Crippen molar-refractivity contribution in [2.24, 2.45) is 7.05 Å². The molecule has 0 bridgehead atoms. The molecule has 0 aromatic carbocycles. The highest BCUT2D eigenvalue weighted by molar-refractivity contribution is 5.98. The predicted octanol–water partition coefficient (Wildman–Crippen LogP) is 2.03. The predicted molar refractivity (Wildman–Crippen MR) is 65.9 cm³/mol. The minimum absolute atomic E-state index is 0.0355. The number of ketones is 1. The number of hydrogen-bond acceptors (Lipinski definition) is 3. The minimum Gasteiger partial charge on any atom is -0.466 e. The maximum absolute atomic E-state index is 11.5. The summed E-state index contributed by atoms with van der Waals surface area (Å²) in [5.74, 6) is -0.374. The van der Waals surface area contributed by atoms with Gasteiger partial charge in [-0.3, -0.25) is 4.79 Å². The number of carbonyl (C=O) groups is 2. The molecule has 0 aliphatic carbocycles. The molecule has 0 aliphatic heterocycles. The molecule has 1 heterocycles. The molecule has 0 unspecified atom stereocenters. The number of ether oxygens (including phenoxy) is 1.